The maximum atomic E-state index is 9.18. The Morgan fingerprint density at radius 1 is 1.67 bits per heavy atom. The van der Waals surface area contributed by atoms with Crippen LogP contribution in [0.3, 0.4) is 0 Å². The lowest BCUT2D eigenvalue weighted by molar-refractivity contribution is -0.0699. The molecule has 0 amide bonds. The van der Waals surface area contributed by atoms with Crippen molar-refractivity contribution in [2.24, 2.45) is 5.73 Å². The van der Waals surface area contributed by atoms with Gasteiger partial charge in [0.15, 0.2) is 0 Å². The van der Waals surface area contributed by atoms with Gasteiger partial charge < -0.3 is 10.8 Å². The molecule has 1 aliphatic rings. The smallest absolute Gasteiger partial charge is 0.0794 e. The summed E-state index contributed by atoms with van der Waals surface area (Å²) in [5, 5.41) is 9.18. The molecule has 2 atom stereocenters. The number of nitrogens with two attached hydrogens (primary N) is 1. The number of hydrogen-bond donors (Lipinski definition) is 2. The molecular formula is C9H20N2O. The summed E-state index contributed by atoms with van der Waals surface area (Å²) in [7, 11) is 0. The van der Waals surface area contributed by atoms with Crippen LogP contribution in [0, 0.1) is 0 Å². The van der Waals surface area contributed by atoms with Crippen LogP contribution in [0.5, 0.6) is 0 Å². The number of nitrogens with zero attached hydrogens (tertiary/aromatic N) is 1. The van der Waals surface area contributed by atoms with Crippen molar-refractivity contribution in [2.75, 3.05) is 13.1 Å². The van der Waals surface area contributed by atoms with E-state index in [4.69, 9.17) is 5.73 Å². The molecule has 1 fully saturated rings. The zero-order chi connectivity index (χ0) is 9.35. The van der Waals surface area contributed by atoms with Crippen LogP contribution in [0.15, 0.2) is 0 Å². The molecule has 0 aromatic rings. The summed E-state index contributed by atoms with van der Waals surface area (Å²) in [6.07, 6.45) is 0.909. The Balaban J connectivity index is 2.55. The van der Waals surface area contributed by atoms with Crippen molar-refractivity contribution in [1.82, 2.24) is 4.90 Å². The molecule has 72 valence electrons. The second kappa shape index (κ2) is 3.32. The topological polar surface area (TPSA) is 49.5 Å². The van der Waals surface area contributed by atoms with Crippen molar-refractivity contribution in [2.45, 2.75) is 44.9 Å². The van der Waals surface area contributed by atoms with E-state index >= 15 is 0 Å². The first-order valence-electron chi connectivity index (χ1n) is 4.69. The van der Waals surface area contributed by atoms with Crippen LogP contribution < -0.4 is 5.73 Å². The second-order valence-electron chi connectivity index (χ2n) is 4.06. The lowest BCUT2D eigenvalue weighted by Crippen LogP contribution is -2.66. The summed E-state index contributed by atoms with van der Waals surface area (Å²) in [6, 6.07) is 0.162. The number of β-amino-alcohol motifs (C(OH)–C–C–N with tert-alkyl or cyclic N) is 1. The highest BCUT2D eigenvalue weighted by Crippen LogP contribution is 2.27. The normalized spacial score (nSPS) is 27.8. The SMILES string of the molecule is CCC(C)(C(C)N)N1CC(O)C1. The zero-order valence-corrected chi connectivity index (χ0v) is 8.25. The summed E-state index contributed by atoms with van der Waals surface area (Å²) in [6.45, 7) is 7.92. The van der Waals surface area contributed by atoms with Gasteiger partial charge in [0.1, 0.15) is 0 Å². The highest BCUT2D eigenvalue weighted by molar-refractivity contribution is 4.98. The van der Waals surface area contributed by atoms with Gasteiger partial charge in [0.25, 0.3) is 0 Å². The third-order valence-electron chi connectivity index (χ3n) is 3.28. The van der Waals surface area contributed by atoms with Crippen LogP contribution in [0.25, 0.3) is 0 Å². The maximum absolute atomic E-state index is 9.18. The minimum absolute atomic E-state index is 0.0687. The molecule has 0 bridgehead atoms. The lowest BCUT2D eigenvalue weighted by Gasteiger charge is -2.51. The third kappa shape index (κ3) is 1.49. The highest BCUT2D eigenvalue weighted by atomic mass is 16.3. The Hall–Kier alpha value is -0.120. The summed E-state index contributed by atoms with van der Waals surface area (Å²) in [4.78, 5) is 2.27. The van der Waals surface area contributed by atoms with Crippen molar-refractivity contribution in [3.05, 3.63) is 0 Å². The summed E-state index contributed by atoms with van der Waals surface area (Å²) >= 11 is 0. The largest absolute Gasteiger partial charge is 0.390 e. The fourth-order valence-corrected chi connectivity index (χ4v) is 1.71. The Labute approximate surface area is 74.5 Å². The van der Waals surface area contributed by atoms with Gasteiger partial charge in [-0.2, -0.15) is 0 Å². The summed E-state index contributed by atoms with van der Waals surface area (Å²) in [5.74, 6) is 0. The molecule has 3 heteroatoms. The molecule has 1 heterocycles. The van der Waals surface area contributed by atoms with Gasteiger partial charge in [0, 0.05) is 24.7 Å². The Morgan fingerprint density at radius 3 is 2.42 bits per heavy atom. The number of rotatable bonds is 3. The van der Waals surface area contributed by atoms with Gasteiger partial charge in [-0.15, -0.1) is 0 Å². The van der Waals surface area contributed by atoms with E-state index in [0.29, 0.717) is 0 Å². The standard InChI is InChI=1S/C9H20N2O/c1-4-9(3,7(2)10)11-5-8(12)6-11/h7-8,12H,4-6,10H2,1-3H3. The molecule has 0 radical (unpaired) electrons. The zero-order valence-electron chi connectivity index (χ0n) is 8.25. The third-order valence-corrected chi connectivity index (χ3v) is 3.28. The van der Waals surface area contributed by atoms with Crippen LogP contribution in [0.4, 0.5) is 0 Å². The van der Waals surface area contributed by atoms with Gasteiger partial charge in [0.2, 0.25) is 0 Å². The number of aliphatic hydroxyl groups is 1. The van der Waals surface area contributed by atoms with E-state index in [1.165, 1.54) is 0 Å². The van der Waals surface area contributed by atoms with Crippen LogP contribution in [-0.4, -0.2) is 40.8 Å². The van der Waals surface area contributed by atoms with Gasteiger partial charge >= 0.3 is 0 Å². The molecular weight excluding hydrogens is 152 g/mol. The molecule has 0 aromatic heterocycles. The van der Waals surface area contributed by atoms with Crippen LogP contribution in [0.2, 0.25) is 0 Å². The summed E-state index contributed by atoms with van der Waals surface area (Å²) < 4.78 is 0. The average molecular weight is 172 g/mol. The van der Waals surface area contributed by atoms with E-state index in [1.807, 2.05) is 6.92 Å². The predicted molar refractivity (Wildman–Crippen MR) is 49.9 cm³/mol. The Kier molecular flexibility index (Phi) is 2.76. The van der Waals surface area contributed by atoms with Crippen molar-refractivity contribution in [3.63, 3.8) is 0 Å². The molecule has 0 spiro atoms. The van der Waals surface area contributed by atoms with Crippen molar-refractivity contribution >= 4 is 0 Å². The summed E-state index contributed by atoms with van der Waals surface area (Å²) in [5.41, 5.74) is 5.98. The van der Waals surface area contributed by atoms with Gasteiger partial charge in [0.05, 0.1) is 6.10 Å². The lowest BCUT2D eigenvalue weighted by atomic mass is 9.86. The molecule has 1 aliphatic heterocycles. The fraction of sp³-hybridized carbons (Fsp3) is 1.00. The van der Waals surface area contributed by atoms with Crippen molar-refractivity contribution in [1.29, 1.82) is 0 Å². The molecule has 3 nitrogen and oxygen atoms in total. The van der Waals surface area contributed by atoms with Crippen molar-refractivity contribution < 1.29 is 5.11 Å². The molecule has 0 saturated carbocycles. The van der Waals surface area contributed by atoms with Gasteiger partial charge in [-0.25, -0.2) is 0 Å². The average Bonchev–Trinajstić information content (AvgIpc) is 1.97. The minimum atomic E-state index is -0.130. The number of likely N-dealkylation sites (tertiary alicyclic amines) is 1. The van der Waals surface area contributed by atoms with E-state index in [9.17, 15) is 5.11 Å². The quantitative estimate of drug-likeness (QED) is 0.638. The van der Waals surface area contributed by atoms with Gasteiger partial charge in [-0.3, -0.25) is 4.90 Å². The molecule has 12 heavy (non-hydrogen) atoms. The number of hydrogen-bond acceptors (Lipinski definition) is 3. The molecule has 0 aliphatic carbocycles. The van der Waals surface area contributed by atoms with Crippen LogP contribution in [0.1, 0.15) is 27.2 Å². The molecule has 3 N–H and O–H groups in total. The first-order chi connectivity index (χ1) is 5.50. The predicted octanol–water partition coefficient (Wildman–Crippen LogP) is 0.179. The molecule has 0 aromatic carbocycles. The first-order valence-corrected chi connectivity index (χ1v) is 4.69. The molecule has 2 unspecified atom stereocenters. The minimum Gasteiger partial charge on any atom is -0.390 e. The van der Waals surface area contributed by atoms with Crippen LogP contribution >= 0.6 is 0 Å². The van der Waals surface area contributed by atoms with Gasteiger partial charge in [-0.05, 0) is 20.3 Å². The van der Waals surface area contributed by atoms with E-state index in [-0.39, 0.29) is 17.7 Å². The first kappa shape index (κ1) is 9.96. The van der Waals surface area contributed by atoms with Crippen LogP contribution in [-0.2, 0) is 0 Å². The maximum Gasteiger partial charge on any atom is 0.0794 e. The van der Waals surface area contributed by atoms with Crippen molar-refractivity contribution in [3.8, 4) is 0 Å². The van der Waals surface area contributed by atoms with E-state index in [2.05, 4.69) is 18.7 Å². The van der Waals surface area contributed by atoms with Gasteiger partial charge in [-0.1, -0.05) is 6.92 Å². The monoisotopic (exact) mass is 172 g/mol. The Morgan fingerprint density at radius 2 is 2.17 bits per heavy atom. The molecule has 1 saturated heterocycles. The molecule has 1 rings (SSSR count). The Bertz CT molecular complexity index is 155. The highest BCUT2D eigenvalue weighted by Gasteiger charge is 2.40. The van der Waals surface area contributed by atoms with E-state index in [0.717, 1.165) is 19.5 Å². The van der Waals surface area contributed by atoms with E-state index in [1.54, 1.807) is 0 Å². The number of aliphatic hydroxyl groups excluding tert-OH is 1. The fourth-order valence-electron chi connectivity index (χ4n) is 1.71. The second-order valence-corrected chi connectivity index (χ2v) is 4.06. The van der Waals surface area contributed by atoms with E-state index < -0.39 is 0 Å².